The molecule has 0 saturated heterocycles. The molecule has 0 aliphatic heterocycles. The number of aryl methyl sites for hydroxylation is 4. The molecule has 1 aromatic carbocycles. The molecule has 0 amide bonds. The standard InChI is InChI=1S/C15H18N2O/c1-10-6-5-7-11(2)13(10)9-15(18)14-8-12(3)16-17(14)4/h5-8H,9H2,1-4H3. The third-order valence-corrected chi connectivity index (χ3v) is 3.27. The quantitative estimate of drug-likeness (QED) is 0.776. The summed E-state index contributed by atoms with van der Waals surface area (Å²) < 4.78 is 1.66. The monoisotopic (exact) mass is 242 g/mol. The summed E-state index contributed by atoms with van der Waals surface area (Å²) in [6, 6.07) is 7.96. The van der Waals surface area contributed by atoms with Gasteiger partial charge >= 0.3 is 0 Å². The first-order chi connectivity index (χ1) is 8.49. The van der Waals surface area contributed by atoms with Crippen LogP contribution in [0.4, 0.5) is 0 Å². The van der Waals surface area contributed by atoms with Crippen molar-refractivity contribution in [3.63, 3.8) is 0 Å². The van der Waals surface area contributed by atoms with Crippen LogP contribution in [0.3, 0.4) is 0 Å². The van der Waals surface area contributed by atoms with Crippen molar-refractivity contribution < 1.29 is 4.79 Å². The highest BCUT2D eigenvalue weighted by molar-refractivity contribution is 5.96. The summed E-state index contributed by atoms with van der Waals surface area (Å²) in [6.45, 7) is 5.99. The lowest BCUT2D eigenvalue weighted by Gasteiger charge is -2.08. The van der Waals surface area contributed by atoms with E-state index in [1.54, 1.807) is 4.68 Å². The number of ketones is 1. The van der Waals surface area contributed by atoms with Gasteiger partial charge in [0.15, 0.2) is 5.78 Å². The number of nitrogens with zero attached hydrogens (tertiary/aromatic N) is 2. The number of benzene rings is 1. The third-order valence-electron chi connectivity index (χ3n) is 3.27. The molecule has 3 nitrogen and oxygen atoms in total. The molecule has 0 radical (unpaired) electrons. The molecule has 2 rings (SSSR count). The van der Waals surface area contributed by atoms with E-state index in [9.17, 15) is 4.79 Å². The van der Waals surface area contributed by atoms with Crippen molar-refractivity contribution >= 4 is 5.78 Å². The highest BCUT2D eigenvalue weighted by atomic mass is 16.1. The van der Waals surface area contributed by atoms with Crippen LogP contribution in [0.1, 0.15) is 32.9 Å². The van der Waals surface area contributed by atoms with Gasteiger partial charge in [0.2, 0.25) is 0 Å². The van der Waals surface area contributed by atoms with Crippen LogP contribution in [0.25, 0.3) is 0 Å². The molecular weight excluding hydrogens is 224 g/mol. The molecule has 0 unspecified atom stereocenters. The molecule has 0 saturated carbocycles. The number of hydrogen-bond donors (Lipinski definition) is 0. The van der Waals surface area contributed by atoms with Gasteiger partial charge in [-0.1, -0.05) is 18.2 Å². The minimum absolute atomic E-state index is 0.121. The molecule has 1 heterocycles. The highest BCUT2D eigenvalue weighted by Gasteiger charge is 2.14. The third kappa shape index (κ3) is 2.35. The maximum absolute atomic E-state index is 12.3. The van der Waals surface area contributed by atoms with Crippen molar-refractivity contribution in [1.82, 2.24) is 9.78 Å². The van der Waals surface area contributed by atoms with Crippen molar-refractivity contribution in [2.24, 2.45) is 7.05 Å². The number of Topliss-reactive ketones (excluding diaryl/α,β-unsaturated/α-hetero) is 1. The fraction of sp³-hybridized carbons (Fsp3) is 0.333. The van der Waals surface area contributed by atoms with E-state index in [2.05, 4.69) is 5.10 Å². The van der Waals surface area contributed by atoms with Gasteiger partial charge < -0.3 is 0 Å². The maximum Gasteiger partial charge on any atom is 0.185 e. The average Bonchev–Trinajstić information content (AvgIpc) is 2.63. The van der Waals surface area contributed by atoms with Gasteiger partial charge in [0.25, 0.3) is 0 Å². The van der Waals surface area contributed by atoms with Gasteiger partial charge in [0.05, 0.1) is 5.69 Å². The number of carbonyl (C=O) groups is 1. The minimum Gasteiger partial charge on any atom is -0.292 e. The van der Waals surface area contributed by atoms with Crippen LogP contribution in [-0.2, 0) is 13.5 Å². The number of carbonyl (C=O) groups excluding carboxylic acids is 1. The van der Waals surface area contributed by atoms with E-state index in [0.29, 0.717) is 12.1 Å². The summed E-state index contributed by atoms with van der Waals surface area (Å²) in [5.74, 6) is 0.121. The van der Waals surface area contributed by atoms with E-state index >= 15 is 0 Å². The predicted octanol–water partition coefficient (Wildman–Crippen LogP) is 2.77. The lowest BCUT2D eigenvalue weighted by Crippen LogP contribution is -2.11. The second-order valence-electron chi connectivity index (χ2n) is 4.76. The second-order valence-corrected chi connectivity index (χ2v) is 4.76. The number of aromatic nitrogens is 2. The van der Waals surface area contributed by atoms with Crippen LogP contribution in [0, 0.1) is 20.8 Å². The van der Waals surface area contributed by atoms with E-state index in [4.69, 9.17) is 0 Å². The molecule has 94 valence electrons. The Bertz CT molecular complexity index is 576. The van der Waals surface area contributed by atoms with Crippen molar-refractivity contribution in [3.8, 4) is 0 Å². The molecule has 1 aromatic heterocycles. The fourth-order valence-corrected chi connectivity index (χ4v) is 2.25. The average molecular weight is 242 g/mol. The summed E-state index contributed by atoms with van der Waals surface area (Å²) in [4.78, 5) is 12.3. The molecule has 3 heteroatoms. The molecule has 0 bridgehead atoms. The molecule has 0 atom stereocenters. The van der Waals surface area contributed by atoms with E-state index in [0.717, 1.165) is 11.3 Å². The Morgan fingerprint density at radius 2 is 1.83 bits per heavy atom. The van der Waals surface area contributed by atoms with Gasteiger partial charge in [0.1, 0.15) is 5.69 Å². The van der Waals surface area contributed by atoms with Crippen LogP contribution in [0.15, 0.2) is 24.3 Å². The van der Waals surface area contributed by atoms with Gasteiger partial charge in [-0.25, -0.2) is 0 Å². The molecule has 0 N–H and O–H groups in total. The second kappa shape index (κ2) is 4.77. The van der Waals surface area contributed by atoms with Crippen LogP contribution in [0.2, 0.25) is 0 Å². The number of rotatable bonds is 3. The predicted molar refractivity (Wildman–Crippen MR) is 71.9 cm³/mol. The minimum atomic E-state index is 0.121. The molecule has 18 heavy (non-hydrogen) atoms. The van der Waals surface area contributed by atoms with Crippen LogP contribution >= 0.6 is 0 Å². The lowest BCUT2D eigenvalue weighted by atomic mass is 9.97. The smallest absolute Gasteiger partial charge is 0.185 e. The lowest BCUT2D eigenvalue weighted by molar-refractivity contribution is 0.0983. The Labute approximate surface area is 107 Å². The first-order valence-electron chi connectivity index (χ1n) is 6.08. The Morgan fingerprint density at radius 1 is 1.22 bits per heavy atom. The van der Waals surface area contributed by atoms with E-state index in [-0.39, 0.29) is 5.78 Å². The summed E-state index contributed by atoms with van der Waals surface area (Å²) in [5.41, 5.74) is 5.02. The zero-order valence-corrected chi connectivity index (χ0v) is 11.3. The normalized spacial score (nSPS) is 10.7. The van der Waals surface area contributed by atoms with E-state index < -0.39 is 0 Å². The maximum atomic E-state index is 12.3. The SMILES string of the molecule is Cc1cc(C(=O)Cc2c(C)cccc2C)n(C)n1. The van der Waals surface area contributed by atoms with Gasteiger partial charge in [-0.05, 0) is 43.5 Å². The Balaban J connectivity index is 2.30. The molecule has 0 spiro atoms. The van der Waals surface area contributed by atoms with Crippen molar-refractivity contribution in [2.75, 3.05) is 0 Å². The first kappa shape index (κ1) is 12.6. The Hall–Kier alpha value is -1.90. The zero-order valence-electron chi connectivity index (χ0n) is 11.3. The molecule has 2 aromatic rings. The summed E-state index contributed by atoms with van der Waals surface area (Å²) >= 11 is 0. The first-order valence-corrected chi connectivity index (χ1v) is 6.08. The Morgan fingerprint density at radius 3 is 2.33 bits per heavy atom. The molecule has 0 aliphatic carbocycles. The van der Waals surface area contributed by atoms with Gasteiger partial charge in [0, 0.05) is 13.5 Å². The van der Waals surface area contributed by atoms with E-state index in [1.807, 2.05) is 52.1 Å². The Kier molecular flexibility index (Phi) is 3.32. The van der Waals surface area contributed by atoms with Crippen LogP contribution in [-0.4, -0.2) is 15.6 Å². The van der Waals surface area contributed by atoms with Gasteiger partial charge in [-0.2, -0.15) is 5.10 Å². The zero-order chi connectivity index (χ0) is 13.3. The summed E-state index contributed by atoms with van der Waals surface area (Å²) in [7, 11) is 1.81. The van der Waals surface area contributed by atoms with Crippen LogP contribution < -0.4 is 0 Å². The largest absolute Gasteiger partial charge is 0.292 e. The number of hydrogen-bond acceptors (Lipinski definition) is 2. The molecule has 0 aliphatic rings. The summed E-state index contributed by atoms with van der Waals surface area (Å²) in [5, 5.41) is 4.21. The summed E-state index contributed by atoms with van der Waals surface area (Å²) in [6.07, 6.45) is 0.442. The fourth-order valence-electron chi connectivity index (χ4n) is 2.25. The van der Waals surface area contributed by atoms with Crippen molar-refractivity contribution in [2.45, 2.75) is 27.2 Å². The topological polar surface area (TPSA) is 34.9 Å². The van der Waals surface area contributed by atoms with Gasteiger partial charge in [-0.3, -0.25) is 9.48 Å². The van der Waals surface area contributed by atoms with E-state index in [1.165, 1.54) is 11.1 Å². The molecular formula is C15H18N2O. The van der Waals surface area contributed by atoms with Crippen molar-refractivity contribution in [1.29, 1.82) is 0 Å². The highest BCUT2D eigenvalue weighted by Crippen LogP contribution is 2.16. The molecule has 0 fully saturated rings. The van der Waals surface area contributed by atoms with Crippen molar-refractivity contribution in [3.05, 3.63) is 52.3 Å². The van der Waals surface area contributed by atoms with Gasteiger partial charge in [-0.15, -0.1) is 0 Å². The van der Waals surface area contributed by atoms with Crippen LogP contribution in [0.5, 0.6) is 0 Å².